The average molecular weight is 199 g/mol. The summed E-state index contributed by atoms with van der Waals surface area (Å²) < 4.78 is 5.51. The Kier molecular flexibility index (Phi) is 5.49. The molecular weight excluding hydrogens is 174 g/mol. The molecule has 0 aliphatic heterocycles. The van der Waals surface area contributed by atoms with Crippen molar-refractivity contribution in [2.24, 2.45) is 5.92 Å². The van der Waals surface area contributed by atoms with Gasteiger partial charge in [-0.3, -0.25) is 0 Å². The lowest BCUT2D eigenvalue weighted by molar-refractivity contribution is 0.0407. The zero-order chi connectivity index (χ0) is 10.4. The molecular formula is C12H25NO. The molecule has 0 heterocycles. The van der Waals surface area contributed by atoms with E-state index in [1.54, 1.807) is 0 Å². The second-order valence-electron chi connectivity index (χ2n) is 4.59. The molecule has 14 heavy (non-hydrogen) atoms. The van der Waals surface area contributed by atoms with E-state index in [0.29, 0.717) is 12.1 Å². The summed E-state index contributed by atoms with van der Waals surface area (Å²) in [4.78, 5) is 0. The third-order valence-electron chi connectivity index (χ3n) is 3.43. The predicted octanol–water partition coefficient (Wildman–Crippen LogP) is 2.58. The number of hydrogen-bond donors (Lipinski definition) is 1. The molecule has 0 aromatic heterocycles. The Morgan fingerprint density at radius 1 is 1.36 bits per heavy atom. The minimum Gasteiger partial charge on any atom is -0.380 e. The van der Waals surface area contributed by atoms with Gasteiger partial charge in [-0.2, -0.15) is 0 Å². The van der Waals surface area contributed by atoms with Crippen molar-refractivity contribution in [2.45, 2.75) is 58.1 Å². The van der Waals surface area contributed by atoms with Gasteiger partial charge in [0, 0.05) is 13.2 Å². The Morgan fingerprint density at radius 3 is 2.71 bits per heavy atom. The Bertz CT molecular complexity index is 149. The summed E-state index contributed by atoms with van der Waals surface area (Å²) >= 11 is 0. The Labute approximate surface area is 88.4 Å². The van der Waals surface area contributed by atoms with Crippen LogP contribution in [-0.4, -0.2) is 25.8 Å². The molecule has 1 aliphatic carbocycles. The molecule has 1 N–H and O–H groups in total. The Morgan fingerprint density at radius 2 is 2.07 bits per heavy atom. The van der Waals surface area contributed by atoms with Gasteiger partial charge in [-0.1, -0.05) is 33.1 Å². The third-order valence-corrected chi connectivity index (χ3v) is 3.43. The standard InChI is InChI=1S/C12H25NO/c1-4-10(2)9-13-11-7-5-6-8-12(11)14-3/h10-13H,4-9H2,1-3H3. The highest BCUT2D eigenvalue weighted by atomic mass is 16.5. The molecule has 1 aliphatic rings. The first-order chi connectivity index (χ1) is 6.77. The molecule has 2 nitrogen and oxygen atoms in total. The number of rotatable bonds is 5. The molecule has 1 rings (SSSR count). The molecule has 0 bridgehead atoms. The molecule has 1 fully saturated rings. The zero-order valence-electron chi connectivity index (χ0n) is 9.88. The number of methoxy groups -OCH3 is 1. The van der Waals surface area contributed by atoms with E-state index < -0.39 is 0 Å². The van der Waals surface area contributed by atoms with Crippen molar-refractivity contribution in [3.63, 3.8) is 0 Å². The maximum Gasteiger partial charge on any atom is 0.0724 e. The van der Waals surface area contributed by atoms with Crippen LogP contribution < -0.4 is 5.32 Å². The van der Waals surface area contributed by atoms with Gasteiger partial charge < -0.3 is 10.1 Å². The summed E-state index contributed by atoms with van der Waals surface area (Å²) in [6.45, 7) is 5.69. The van der Waals surface area contributed by atoms with Crippen LogP contribution in [0.15, 0.2) is 0 Å². The first-order valence-corrected chi connectivity index (χ1v) is 6.04. The lowest BCUT2D eigenvalue weighted by Gasteiger charge is -2.32. The van der Waals surface area contributed by atoms with Crippen LogP contribution in [0.2, 0.25) is 0 Å². The fourth-order valence-corrected chi connectivity index (χ4v) is 2.11. The van der Waals surface area contributed by atoms with E-state index in [2.05, 4.69) is 19.2 Å². The molecule has 0 radical (unpaired) electrons. The van der Waals surface area contributed by atoms with Crippen molar-refractivity contribution in [2.75, 3.05) is 13.7 Å². The van der Waals surface area contributed by atoms with Gasteiger partial charge in [0.15, 0.2) is 0 Å². The minimum atomic E-state index is 0.452. The fourth-order valence-electron chi connectivity index (χ4n) is 2.11. The normalized spacial score (nSPS) is 30.2. The van der Waals surface area contributed by atoms with Crippen LogP contribution in [0.1, 0.15) is 46.0 Å². The molecule has 1 saturated carbocycles. The van der Waals surface area contributed by atoms with Crippen molar-refractivity contribution < 1.29 is 4.74 Å². The number of nitrogens with one attached hydrogen (secondary N) is 1. The molecule has 0 aromatic carbocycles. The highest BCUT2D eigenvalue weighted by molar-refractivity contribution is 4.81. The van der Waals surface area contributed by atoms with E-state index in [4.69, 9.17) is 4.74 Å². The van der Waals surface area contributed by atoms with Crippen molar-refractivity contribution >= 4 is 0 Å². The van der Waals surface area contributed by atoms with E-state index in [0.717, 1.165) is 12.5 Å². The van der Waals surface area contributed by atoms with Crippen LogP contribution in [0.5, 0.6) is 0 Å². The van der Waals surface area contributed by atoms with Crippen molar-refractivity contribution in [1.29, 1.82) is 0 Å². The lowest BCUT2D eigenvalue weighted by Crippen LogP contribution is -2.44. The third kappa shape index (κ3) is 3.58. The minimum absolute atomic E-state index is 0.452. The smallest absolute Gasteiger partial charge is 0.0724 e. The van der Waals surface area contributed by atoms with Gasteiger partial charge in [0.25, 0.3) is 0 Å². The monoisotopic (exact) mass is 199 g/mol. The lowest BCUT2D eigenvalue weighted by atomic mass is 9.92. The van der Waals surface area contributed by atoms with Crippen LogP contribution in [-0.2, 0) is 4.74 Å². The van der Waals surface area contributed by atoms with E-state index in [9.17, 15) is 0 Å². The second-order valence-corrected chi connectivity index (χ2v) is 4.59. The van der Waals surface area contributed by atoms with Gasteiger partial charge in [-0.25, -0.2) is 0 Å². The highest BCUT2D eigenvalue weighted by Gasteiger charge is 2.24. The number of hydrogen-bond acceptors (Lipinski definition) is 2. The molecule has 3 unspecified atom stereocenters. The van der Waals surface area contributed by atoms with Crippen LogP contribution in [0.4, 0.5) is 0 Å². The van der Waals surface area contributed by atoms with E-state index >= 15 is 0 Å². The average Bonchev–Trinajstić information content (AvgIpc) is 2.26. The van der Waals surface area contributed by atoms with E-state index in [1.807, 2.05) is 7.11 Å². The summed E-state index contributed by atoms with van der Waals surface area (Å²) in [6, 6.07) is 0.600. The van der Waals surface area contributed by atoms with E-state index in [-0.39, 0.29) is 0 Å². The summed E-state index contributed by atoms with van der Waals surface area (Å²) in [5.41, 5.74) is 0. The van der Waals surface area contributed by atoms with Crippen molar-refractivity contribution in [3.8, 4) is 0 Å². The van der Waals surface area contributed by atoms with Crippen molar-refractivity contribution in [3.05, 3.63) is 0 Å². The first kappa shape index (κ1) is 12.0. The maximum absolute atomic E-state index is 5.51. The second kappa shape index (κ2) is 6.41. The largest absolute Gasteiger partial charge is 0.380 e. The summed E-state index contributed by atoms with van der Waals surface area (Å²) in [5, 5.41) is 3.65. The molecule has 0 saturated heterocycles. The molecule has 0 aromatic rings. The zero-order valence-corrected chi connectivity index (χ0v) is 9.88. The molecule has 84 valence electrons. The predicted molar refractivity (Wildman–Crippen MR) is 60.5 cm³/mol. The molecule has 0 amide bonds. The van der Waals surface area contributed by atoms with Crippen LogP contribution in [0, 0.1) is 5.92 Å². The summed E-state index contributed by atoms with van der Waals surface area (Å²) in [7, 11) is 1.84. The SMILES string of the molecule is CCC(C)CNC1CCCCC1OC. The highest BCUT2D eigenvalue weighted by Crippen LogP contribution is 2.20. The van der Waals surface area contributed by atoms with Gasteiger partial charge in [-0.15, -0.1) is 0 Å². The van der Waals surface area contributed by atoms with Crippen LogP contribution >= 0.6 is 0 Å². The number of ether oxygens (including phenoxy) is 1. The van der Waals surface area contributed by atoms with Gasteiger partial charge in [0.2, 0.25) is 0 Å². The topological polar surface area (TPSA) is 21.3 Å². The van der Waals surface area contributed by atoms with Crippen LogP contribution in [0.3, 0.4) is 0 Å². The van der Waals surface area contributed by atoms with Crippen molar-refractivity contribution in [1.82, 2.24) is 5.32 Å². The van der Waals surface area contributed by atoms with E-state index in [1.165, 1.54) is 32.1 Å². The maximum atomic E-state index is 5.51. The molecule has 0 spiro atoms. The van der Waals surface area contributed by atoms with Gasteiger partial charge in [0.1, 0.15) is 0 Å². The quantitative estimate of drug-likeness (QED) is 0.735. The molecule has 3 atom stereocenters. The Hall–Kier alpha value is -0.0800. The fraction of sp³-hybridized carbons (Fsp3) is 1.00. The van der Waals surface area contributed by atoms with Crippen LogP contribution in [0.25, 0.3) is 0 Å². The van der Waals surface area contributed by atoms with Gasteiger partial charge >= 0.3 is 0 Å². The Balaban J connectivity index is 2.26. The molecule has 2 heteroatoms. The van der Waals surface area contributed by atoms with Gasteiger partial charge in [0.05, 0.1) is 6.10 Å². The van der Waals surface area contributed by atoms with Gasteiger partial charge in [-0.05, 0) is 25.3 Å². The summed E-state index contributed by atoms with van der Waals surface area (Å²) in [5.74, 6) is 0.787. The first-order valence-electron chi connectivity index (χ1n) is 6.04. The summed E-state index contributed by atoms with van der Waals surface area (Å²) in [6.07, 6.45) is 6.92.